The molecule has 0 amide bonds. The van der Waals surface area contributed by atoms with Gasteiger partial charge in [0.05, 0.1) is 12.6 Å². The van der Waals surface area contributed by atoms with Crippen molar-refractivity contribution in [1.29, 1.82) is 0 Å². The van der Waals surface area contributed by atoms with Gasteiger partial charge in [-0.05, 0) is 18.4 Å². The predicted octanol–water partition coefficient (Wildman–Crippen LogP) is 1.48. The van der Waals surface area contributed by atoms with Gasteiger partial charge in [-0.25, -0.2) is 0 Å². The number of hydrogen-bond donors (Lipinski definition) is 0. The van der Waals surface area contributed by atoms with Crippen LogP contribution in [0.5, 0.6) is 0 Å². The van der Waals surface area contributed by atoms with Gasteiger partial charge < -0.3 is 4.74 Å². The lowest BCUT2D eigenvalue weighted by Crippen LogP contribution is -2.19. The average molecular weight is 127 g/mol. The molecule has 1 unspecified atom stereocenters. The second-order valence-electron chi connectivity index (χ2n) is 2.08. The Morgan fingerprint density at radius 3 is 3.11 bits per heavy atom. The van der Waals surface area contributed by atoms with Crippen LogP contribution in [0.15, 0.2) is 5.11 Å². The average Bonchev–Trinajstić information content (AvgIpc) is 1.91. The van der Waals surface area contributed by atoms with E-state index in [2.05, 4.69) is 10.0 Å². The van der Waals surface area contributed by atoms with Gasteiger partial charge >= 0.3 is 0 Å². The van der Waals surface area contributed by atoms with Crippen molar-refractivity contribution in [2.75, 3.05) is 13.2 Å². The first-order valence-electron chi connectivity index (χ1n) is 3.05. The molecule has 1 rings (SSSR count). The maximum absolute atomic E-state index is 8.02. The molecule has 0 aromatic carbocycles. The smallest absolute Gasteiger partial charge is 0.0609 e. The molecular formula is C5H9N3O. The Kier molecular flexibility index (Phi) is 2.36. The number of rotatable bonds is 1. The minimum absolute atomic E-state index is 0.0868. The molecule has 4 nitrogen and oxygen atoms in total. The van der Waals surface area contributed by atoms with Crippen molar-refractivity contribution in [3.05, 3.63) is 10.4 Å². The molecule has 1 atom stereocenters. The van der Waals surface area contributed by atoms with Crippen LogP contribution in [0.4, 0.5) is 0 Å². The molecule has 1 heterocycles. The SMILES string of the molecule is [N-]=[N+]=NC1CCCOC1. The molecule has 0 aromatic rings. The van der Waals surface area contributed by atoms with Crippen molar-refractivity contribution in [3.63, 3.8) is 0 Å². The number of ether oxygens (including phenoxy) is 1. The lowest BCUT2D eigenvalue weighted by atomic mass is 10.1. The molecule has 0 radical (unpaired) electrons. The van der Waals surface area contributed by atoms with Crippen LogP contribution in [0.1, 0.15) is 12.8 Å². The van der Waals surface area contributed by atoms with Crippen LogP contribution in [-0.4, -0.2) is 19.3 Å². The fourth-order valence-electron chi connectivity index (χ4n) is 0.888. The third-order valence-corrected chi connectivity index (χ3v) is 1.35. The first kappa shape index (κ1) is 6.39. The molecule has 1 aliphatic heterocycles. The molecule has 0 spiro atoms. The van der Waals surface area contributed by atoms with Crippen molar-refractivity contribution in [3.8, 4) is 0 Å². The van der Waals surface area contributed by atoms with Crippen molar-refractivity contribution < 1.29 is 4.74 Å². The van der Waals surface area contributed by atoms with E-state index in [1.807, 2.05) is 0 Å². The highest BCUT2D eigenvalue weighted by atomic mass is 16.5. The summed E-state index contributed by atoms with van der Waals surface area (Å²) in [5.41, 5.74) is 8.02. The zero-order valence-electron chi connectivity index (χ0n) is 5.16. The van der Waals surface area contributed by atoms with E-state index in [4.69, 9.17) is 10.3 Å². The highest BCUT2D eigenvalue weighted by molar-refractivity contribution is 4.69. The summed E-state index contributed by atoms with van der Waals surface area (Å²) >= 11 is 0. The Morgan fingerprint density at radius 1 is 1.67 bits per heavy atom. The Balaban J connectivity index is 2.31. The van der Waals surface area contributed by atoms with Crippen LogP contribution in [-0.2, 0) is 4.74 Å². The predicted molar refractivity (Wildman–Crippen MR) is 33.0 cm³/mol. The highest BCUT2D eigenvalue weighted by Gasteiger charge is 2.10. The molecule has 4 heteroatoms. The maximum Gasteiger partial charge on any atom is 0.0609 e. The van der Waals surface area contributed by atoms with Gasteiger partial charge in [-0.1, -0.05) is 5.11 Å². The molecule has 1 fully saturated rings. The zero-order valence-corrected chi connectivity index (χ0v) is 5.16. The van der Waals surface area contributed by atoms with Gasteiger partial charge in [0, 0.05) is 11.5 Å². The maximum atomic E-state index is 8.02. The first-order valence-corrected chi connectivity index (χ1v) is 3.05. The Morgan fingerprint density at radius 2 is 2.56 bits per heavy atom. The molecule has 1 aliphatic rings. The summed E-state index contributed by atoms with van der Waals surface area (Å²) in [4.78, 5) is 2.70. The van der Waals surface area contributed by atoms with Crippen LogP contribution >= 0.6 is 0 Å². The van der Waals surface area contributed by atoms with E-state index in [9.17, 15) is 0 Å². The standard InChI is InChI=1S/C5H9N3O/c6-8-7-5-2-1-3-9-4-5/h5H,1-4H2. The number of azide groups is 1. The van der Waals surface area contributed by atoms with Gasteiger partial charge in [0.1, 0.15) is 0 Å². The van der Waals surface area contributed by atoms with Gasteiger partial charge in [0.15, 0.2) is 0 Å². The van der Waals surface area contributed by atoms with Crippen molar-refractivity contribution in [2.45, 2.75) is 18.9 Å². The molecule has 50 valence electrons. The largest absolute Gasteiger partial charge is 0.381 e. The minimum atomic E-state index is 0.0868. The summed E-state index contributed by atoms with van der Waals surface area (Å²) in [7, 11) is 0. The van der Waals surface area contributed by atoms with Gasteiger partial charge in [0.25, 0.3) is 0 Å². The summed E-state index contributed by atoms with van der Waals surface area (Å²) in [5, 5.41) is 3.54. The molecule has 0 bridgehead atoms. The number of hydrogen-bond acceptors (Lipinski definition) is 2. The summed E-state index contributed by atoms with van der Waals surface area (Å²) in [5.74, 6) is 0. The van der Waals surface area contributed by atoms with E-state index in [1.165, 1.54) is 0 Å². The van der Waals surface area contributed by atoms with E-state index in [1.54, 1.807) is 0 Å². The first-order chi connectivity index (χ1) is 4.43. The Hall–Kier alpha value is -0.730. The van der Waals surface area contributed by atoms with Crippen LogP contribution in [0.2, 0.25) is 0 Å². The second kappa shape index (κ2) is 3.33. The number of nitrogens with zero attached hydrogens (tertiary/aromatic N) is 3. The zero-order chi connectivity index (χ0) is 6.53. The minimum Gasteiger partial charge on any atom is -0.381 e. The summed E-state index contributed by atoms with van der Waals surface area (Å²) in [6, 6.07) is 0.0868. The van der Waals surface area contributed by atoms with E-state index in [0.717, 1.165) is 19.4 Å². The molecule has 1 saturated heterocycles. The highest BCUT2D eigenvalue weighted by Crippen LogP contribution is 2.08. The summed E-state index contributed by atoms with van der Waals surface area (Å²) < 4.78 is 5.07. The van der Waals surface area contributed by atoms with Crippen molar-refractivity contribution in [2.24, 2.45) is 5.11 Å². The van der Waals surface area contributed by atoms with Crippen LogP contribution in [0.3, 0.4) is 0 Å². The fraction of sp³-hybridized carbons (Fsp3) is 1.00. The third kappa shape index (κ3) is 1.91. The van der Waals surface area contributed by atoms with Crippen LogP contribution < -0.4 is 0 Å². The van der Waals surface area contributed by atoms with E-state index in [-0.39, 0.29) is 6.04 Å². The second-order valence-corrected chi connectivity index (χ2v) is 2.08. The van der Waals surface area contributed by atoms with Gasteiger partial charge in [-0.15, -0.1) is 0 Å². The van der Waals surface area contributed by atoms with Crippen LogP contribution in [0.25, 0.3) is 10.4 Å². The van der Waals surface area contributed by atoms with E-state index < -0.39 is 0 Å². The van der Waals surface area contributed by atoms with Gasteiger partial charge in [-0.3, -0.25) is 0 Å². The van der Waals surface area contributed by atoms with Crippen LogP contribution in [0, 0.1) is 0 Å². The van der Waals surface area contributed by atoms with E-state index in [0.29, 0.717) is 6.61 Å². The lowest BCUT2D eigenvalue weighted by Gasteiger charge is -2.16. The summed E-state index contributed by atoms with van der Waals surface area (Å²) in [6.07, 6.45) is 1.99. The topological polar surface area (TPSA) is 58.0 Å². The summed E-state index contributed by atoms with van der Waals surface area (Å²) in [6.45, 7) is 1.42. The monoisotopic (exact) mass is 127 g/mol. The van der Waals surface area contributed by atoms with Gasteiger partial charge in [-0.2, -0.15) is 0 Å². The third-order valence-electron chi connectivity index (χ3n) is 1.35. The molecule has 0 aromatic heterocycles. The molecule has 0 saturated carbocycles. The van der Waals surface area contributed by atoms with Gasteiger partial charge in [0.2, 0.25) is 0 Å². The molecule has 0 N–H and O–H groups in total. The van der Waals surface area contributed by atoms with Crippen molar-refractivity contribution >= 4 is 0 Å². The lowest BCUT2D eigenvalue weighted by molar-refractivity contribution is 0.0823. The quantitative estimate of drug-likeness (QED) is 0.299. The Bertz CT molecular complexity index is 124. The van der Waals surface area contributed by atoms with E-state index >= 15 is 0 Å². The van der Waals surface area contributed by atoms with Crippen molar-refractivity contribution in [1.82, 2.24) is 0 Å². The molecular weight excluding hydrogens is 118 g/mol. The molecule has 9 heavy (non-hydrogen) atoms. The molecule has 0 aliphatic carbocycles. The Labute approximate surface area is 53.4 Å². The fourth-order valence-corrected chi connectivity index (χ4v) is 0.888. The normalized spacial score (nSPS) is 26.9.